The quantitative estimate of drug-likeness (QED) is 0.128. The van der Waals surface area contributed by atoms with Gasteiger partial charge in [-0.3, -0.25) is 28.8 Å². The summed E-state index contributed by atoms with van der Waals surface area (Å²) in [6.45, 7) is 4.02. The van der Waals surface area contributed by atoms with E-state index in [1.54, 1.807) is 53.4 Å². The number of likely N-dealkylation sites (tertiary alicyclic amines) is 1. The standard InChI is InChI=1S/C46H39ClN4O6S/c1-23-32-20-26(47)11-17-36(32)58-41(23)35-22-37(49(3)48-35)51-43(55)34-21-33-29(39(46(34,2)45(51)57)31-14-10-25-6-4-5-7-28(25)40(31)53)15-16-30-38(33)44(56)50(42(30)54)19-18-24-8-12-27(52)13-9-24/h4-15,17,20,22,30,33-34,38-39,52-53H,16,18-19,21H2,1-3H3. The summed E-state index contributed by atoms with van der Waals surface area (Å²) < 4.78 is 2.61. The molecule has 2 saturated heterocycles. The van der Waals surface area contributed by atoms with E-state index in [1.165, 1.54) is 9.80 Å². The number of rotatable bonds is 6. The molecule has 292 valence electrons. The molecule has 0 bridgehead atoms. The van der Waals surface area contributed by atoms with Gasteiger partial charge in [0.25, 0.3) is 0 Å². The van der Waals surface area contributed by atoms with E-state index in [4.69, 9.17) is 16.7 Å². The molecule has 4 heterocycles. The number of benzene rings is 4. The number of aromatic nitrogens is 2. The SMILES string of the molecule is Cc1c(-c2cc(N3C(=O)C4CC5C(=CCC6C(=O)N(CCc7ccc(O)cc7)C(=O)C65)C(c5ccc6ccccc6c5O)C4(C)C3=O)n(C)n2)sc2ccc(Cl)cc12. The van der Waals surface area contributed by atoms with Gasteiger partial charge >= 0.3 is 0 Å². The number of fused-ring (bicyclic) bond motifs is 6. The van der Waals surface area contributed by atoms with Crippen LogP contribution in [0.5, 0.6) is 11.5 Å². The van der Waals surface area contributed by atoms with E-state index in [1.807, 2.05) is 74.5 Å². The van der Waals surface area contributed by atoms with Gasteiger partial charge in [0, 0.05) is 46.2 Å². The molecule has 2 N–H and O–H groups in total. The molecule has 6 aromatic rings. The van der Waals surface area contributed by atoms with Gasteiger partial charge < -0.3 is 10.2 Å². The van der Waals surface area contributed by atoms with Crippen LogP contribution in [0.2, 0.25) is 5.02 Å². The number of phenolic OH excluding ortho intramolecular Hbond substituents is 2. The van der Waals surface area contributed by atoms with Crippen LogP contribution in [-0.4, -0.2) is 55.1 Å². The molecule has 4 aromatic carbocycles. The van der Waals surface area contributed by atoms with Gasteiger partial charge in [0.05, 0.1) is 28.0 Å². The number of halogens is 1. The minimum absolute atomic E-state index is 0.0259. The topological polar surface area (TPSA) is 133 Å². The summed E-state index contributed by atoms with van der Waals surface area (Å²) in [5, 5.41) is 29.7. The number of amides is 4. The Morgan fingerprint density at radius 1 is 0.897 bits per heavy atom. The monoisotopic (exact) mass is 810 g/mol. The highest BCUT2D eigenvalue weighted by atomic mass is 35.5. The number of hydrogen-bond acceptors (Lipinski definition) is 8. The van der Waals surface area contributed by atoms with Crippen LogP contribution in [0, 0.1) is 36.0 Å². The zero-order valence-electron chi connectivity index (χ0n) is 32.0. The van der Waals surface area contributed by atoms with Gasteiger partial charge in [-0.2, -0.15) is 5.10 Å². The zero-order chi connectivity index (χ0) is 40.4. The molecule has 6 unspecified atom stereocenters. The van der Waals surface area contributed by atoms with E-state index in [2.05, 4.69) is 0 Å². The van der Waals surface area contributed by atoms with Crippen LogP contribution in [0.4, 0.5) is 5.82 Å². The van der Waals surface area contributed by atoms with Crippen molar-refractivity contribution >= 4 is 73.2 Å². The first kappa shape index (κ1) is 36.6. The van der Waals surface area contributed by atoms with Crippen molar-refractivity contribution in [3.8, 4) is 22.1 Å². The number of nitrogens with zero attached hydrogens (tertiary/aromatic N) is 4. The minimum atomic E-state index is -1.34. The predicted molar refractivity (Wildman–Crippen MR) is 223 cm³/mol. The average Bonchev–Trinajstić information content (AvgIpc) is 3.88. The van der Waals surface area contributed by atoms with Gasteiger partial charge in [-0.05, 0) is 91.3 Å². The Morgan fingerprint density at radius 3 is 2.47 bits per heavy atom. The molecule has 3 fully saturated rings. The fraction of sp³-hybridized carbons (Fsp3) is 0.283. The van der Waals surface area contributed by atoms with Crippen LogP contribution in [-0.2, 0) is 32.6 Å². The fourth-order valence-electron chi connectivity index (χ4n) is 10.5. The molecule has 2 aromatic heterocycles. The molecule has 2 aliphatic carbocycles. The lowest BCUT2D eigenvalue weighted by molar-refractivity contribution is -0.140. The lowest BCUT2D eigenvalue weighted by Crippen LogP contribution is -2.49. The molecule has 4 aliphatic rings. The molecule has 6 atom stereocenters. The summed E-state index contributed by atoms with van der Waals surface area (Å²) >= 11 is 7.90. The Balaban J connectivity index is 1.07. The number of imide groups is 2. The van der Waals surface area contributed by atoms with Crippen LogP contribution in [0.25, 0.3) is 31.4 Å². The number of carbonyl (C=O) groups is 4. The van der Waals surface area contributed by atoms with E-state index in [-0.39, 0.29) is 36.3 Å². The van der Waals surface area contributed by atoms with Crippen molar-refractivity contribution < 1.29 is 29.4 Å². The Morgan fingerprint density at radius 2 is 1.67 bits per heavy atom. The van der Waals surface area contributed by atoms with Crippen molar-refractivity contribution in [3.05, 3.63) is 118 Å². The second kappa shape index (κ2) is 13.1. The van der Waals surface area contributed by atoms with Crippen LogP contribution >= 0.6 is 22.9 Å². The molecule has 0 spiro atoms. The van der Waals surface area contributed by atoms with Gasteiger partial charge in [-0.1, -0.05) is 71.8 Å². The summed E-state index contributed by atoms with van der Waals surface area (Å²) in [5.41, 5.74) is 2.48. The highest BCUT2D eigenvalue weighted by Crippen LogP contribution is 2.65. The summed E-state index contributed by atoms with van der Waals surface area (Å²) in [6, 6.07) is 25.5. The second-order valence-electron chi connectivity index (χ2n) is 16.3. The molecule has 10 nitrogen and oxygen atoms in total. The van der Waals surface area contributed by atoms with Gasteiger partial charge in [-0.15, -0.1) is 11.3 Å². The van der Waals surface area contributed by atoms with Crippen LogP contribution in [0.1, 0.15) is 42.4 Å². The number of hydrogen-bond donors (Lipinski definition) is 2. The number of aryl methyl sites for hydroxylation is 2. The van der Waals surface area contributed by atoms with Crippen LogP contribution in [0.15, 0.2) is 96.6 Å². The highest BCUT2D eigenvalue weighted by molar-refractivity contribution is 7.22. The Hall–Kier alpha value is -5.78. The van der Waals surface area contributed by atoms with Crippen molar-refractivity contribution in [1.29, 1.82) is 0 Å². The maximum Gasteiger partial charge on any atom is 0.242 e. The van der Waals surface area contributed by atoms with Gasteiger partial charge in [0.1, 0.15) is 23.0 Å². The van der Waals surface area contributed by atoms with Crippen molar-refractivity contribution in [2.45, 2.75) is 39.0 Å². The van der Waals surface area contributed by atoms with Crippen molar-refractivity contribution in [2.75, 3.05) is 11.4 Å². The molecule has 2 aliphatic heterocycles. The third-order valence-electron chi connectivity index (χ3n) is 13.4. The smallest absolute Gasteiger partial charge is 0.242 e. The number of anilines is 1. The number of thiophene rings is 1. The number of aromatic hydroxyl groups is 2. The van der Waals surface area contributed by atoms with Crippen molar-refractivity contribution in [2.24, 2.45) is 36.1 Å². The molecule has 58 heavy (non-hydrogen) atoms. The van der Waals surface area contributed by atoms with Crippen LogP contribution < -0.4 is 4.90 Å². The molecular weight excluding hydrogens is 772 g/mol. The fourth-order valence-corrected chi connectivity index (χ4v) is 11.8. The van der Waals surface area contributed by atoms with Gasteiger partial charge in [-0.25, -0.2) is 4.90 Å². The molecule has 10 rings (SSSR count). The third-order valence-corrected chi connectivity index (χ3v) is 14.9. The summed E-state index contributed by atoms with van der Waals surface area (Å²) in [4.78, 5) is 62.3. The molecule has 0 radical (unpaired) electrons. The summed E-state index contributed by atoms with van der Waals surface area (Å²) in [7, 11) is 1.72. The Kier molecular flexibility index (Phi) is 8.27. The first-order valence-electron chi connectivity index (χ1n) is 19.5. The minimum Gasteiger partial charge on any atom is -0.508 e. The Bertz CT molecular complexity index is 2810. The first-order valence-corrected chi connectivity index (χ1v) is 20.7. The summed E-state index contributed by atoms with van der Waals surface area (Å²) in [5.74, 6) is -4.28. The first-order chi connectivity index (χ1) is 27.9. The van der Waals surface area contributed by atoms with E-state index in [0.29, 0.717) is 40.3 Å². The maximum absolute atomic E-state index is 15.3. The molecule has 1 saturated carbocycles. The van der Waals surface area contributed by atoms with Crippen molar-refractivity contribution in [3.63, 3.8) is 0 Å². The van der Waals surface area contributed by atoms with Gasteiger partial charge in [0.15, 0.2) is 0 Å². The van der Waals surface area contributed by atoms with E-state index >= 15 is 9.59 Å². The van der Waals surface area contributed by atoms with E-state index in [0.717, 1.165) is 37.0 Å². The third kappa shape index (κ3) is 5.18. The maximum atomic E-state index is 15.3. The number of carbonyl (C=O) groups excluding carboxylic acids is 4. The highest BCUT2D eigenvalue weighted by Gasteiger charge is 2.68. The molecule has 12 heteroatoms. The van der Waals surface area contributed by atoms with Crippen LogP contribution in [0.3, 0.4) is 0 Å². The Labute approximate surface area is 342 Å². The van der Waals surface area contributed by atoms with Crippen molar-refractivity contribution in [1.82, 2.24) is 14.7 Å². The number of allylic oxidation sites excluding steroid dienone is 2. The number of phenols is 2. The van der Waals surface area contributed by atoms with E-state index < -0.39 is 46.8 Å². The lowest BCUT2D eigenvalue weighted by atomic mass is 9.51. The average molecular weight is 811 g/mol. The van der Waals surface area contributed by atoms with Gasteiger partial charge in [0.2, 0.25) is 23.6 Å². The predicted octanol–water partition coefficient (Wildman–Crippen LogP) is 8.30. The second-order valence-corrected chi connectivity index (χ2v) is 17.8. The lowest BCUT2D eigenvalue weighted by Gasteiger charge is -2.49. The van der Waals surface area contributed by atoms with E-state index in [9.17, 15) is 19.8 Å². The largest absolute Gasteiger partial charge is 0.508 e. The summed E-state index contributed by atoms with van der Waals surface area (Å²) in [6.07, 6.45) is 2.93. The zero-order valence-corrected chi connectivity index (χ0v) is 33.6. The molecule has 4 amide bonds. The normalized spacial score (nSPS) is 25.4. The molecular formula is C46H39ClN4O6S.